The first-order chi connectivity index (χ1) is 7.66. The van der Waals surface area contributed by atoms with Gasteiger partial charge in [-0.25, -0.2) is 4.39 Å². The van der Waals surface area contributed by atoms with Crippen LogP contribution in [0.15, 0.2) is 22.7 Å². The van der Waals surface area contributed by atoms with Crippen LogP contribution in [-0.2, 0) is 6.61 Å². The van der Waals surface area contributed by atoms with Crippen molar-refractivity contribution < 1.29 is 9.13 Å². The van der Waals surface area contributed by atoms with Gasteiger partial charge in [-0.15, -0.1) is 5.10 Å². The number of hydrogen-bond donors (Lipinski definition) is 0. The number of ether oxygens (including phenoxy) is 1. The SMILES string of the molecule is Fc1cc(OCc2nnsc2Cl)ccc1Br. The van der Waals surface area contributed by atoms with Gasteiger partial charge in [-0.05, 0) is 28.1 Å². The van der Waals surface area contributed by atoms with E-state index in [1.54, 1.807) is 12.1 Å². The number of halogens is 3. The molecule has 0 saturated heterocycles. The zero-order valence-corrected chi connectivity index (χ0v) is 10.9. The molecular weight excluding hydrogens is 319 g/mol. The largest absolute Gasteiger partial charge is 0.487 e. The summed E-state index contributed by atoms with van der Waals surface area (Å²) in [5, 5.41) is 3.78. The molecule has 0 N–H and O–H groups in total. The Kier molecular flexibility index (Phi) is 3.73. The van der Waals surface area contributed by atoms with E-state index in [4.69, 9.17) is 16.3 Å². The van der Waals surface area contributed by atoms with E-state index in [0.29, 0.717) is 20.3 Å². The summed E-state index contributed by atoms with van der Waals surface area (Å²) in [6.07, 6.45) is 0. The lowest BCUT2D eigenvalue weighted by atomic mass is 10.3. The minimum absolute atomic E-state index is 0.177. The standard InChI is InChI=1S/C9H5BrClFN2OS/c10-6-2-1-5(3-7(6)12)15-4-8-9(11)16-14-13-8/h1-3H,4H2. The fourth-order valence-electron chi connectivity index (χ4n) is 1.00. The highest BCUT2D eigenvalue weighted by atomic mass is 79.9. The third kappa shape index (κ3) is 2.69. The molecule has 1 aromatic heterocycles. The van der Waals surface area contributed by atoms with Crippen molar-refractivity contribution in [2.45, 2.75) is 6.61 Å². The van der Waals surface area contributed by atoms with Crippen LogP contribution >= 0.6 is 39.1 Å². The second-order valence-corrected chi connectivity index (χ2v) is 5.07. The summed E-state index contributed by atoms with van der Waals surface area (Å²) in [5.74, 6) is 0.0461. The Morgan fingerprint density at radius 1 is 1.50 bits per heavy atom. The van der Waals surface area contributed by atoms with Gasteiger partial charge in [-0.1, -0.05) is 16.1 Å². The monoisotopic (exact) mass is 322 g/mol. The Hall–Kier alpha value is -0.720. The summed E-state index contributed by atoms with van der Waals surface area (Å²) in [4.78, 5) is 0. The molecule has 0 amide bonds. The maximum absolute atomic E-state index is 13.1. The Morgan fingerprint density at radius 2 is 2.31 bits per heavy atom. The Bertz CT molecular complexity index is 508. The third-order valence-electron chi connectivity index (χ3n) is 1.78. The predicted octanol–water partition coefficient (Wildman–Crippen LogP) is 3.67. The normalized spacial score (nSPS) is 10.4. The molecule has 0 bridgehead atoms. The zero-order valence-electron chi connectivity index (χ0n) is 7.78. The zero-order chi connectivity index (χ0) is 11.5. The molecule has 0 aliphatic carbocycles. The van der Waals surface area contributed by atoms with E-state index in [1.165, 1.54) is 6.07 Å². The molecule has 1 heterocycles. The molecule has 84 valence electrons. The molecule has 1 aromatic carbocycles. The summed E-state index contributed by atoms with van der Waals surface area (Å²) >= 11 is 9.94. The second-order valence-electron chi connectivity index (χ2n) is 2.86. The molecule has 0 fully saturated rings. The molecule has 7 heteroatoms. The van der Waals surface area contributed by atoms with Crippen molar-refractivity contribution in [3.8, 4) is 5.75 Å². The van der Waals surface area contributed by atoms with Crippen LogP contribution in [0, 0.1) is 5.82 Å². The lowest BCUT2D eigenvalue weighted by Gasteiger charge is -2.04. The van der Waals surface area contributed by atoms with E-state index in [-0.39, 0.29) is 12.4 Å². The maximum Gasteiger partial charge on any atom is 0.141 e. The van der Waals surface area contributed by atoms with Crippen molar-refractivity contribution >= 4 is 39.1 Å². The molecule has 0 aliphatic rings. The molecule has 2 rings (SSSR count). The molecule has 0 atom stereocenters. The van der Waals surface area contributed by atoms with Crippen molar-refractivity contribution in [2.24, 2.45) is 0 Å². The first-order valence-electron chi connectivity index (χ1n) is 4.21. The van der Waals surface area contributed by atoms with Gasteiger partial charge in [0.25, 0.3) is 0 Å². The van der Waals surface area contributed by atoms with E-state index in [9.17, 15) is 4.39 Å². The predicted molar refractivity (Wildman–Crippen MR) is 63.4 cm³/mol. The number of nitrogens with zero attached hydrogens (tertiary/aromatic N) is 2. The van der Waals surface area contributed by atoms with E-state index in [2.05, 4.69) is 25.5 Å². The van der Waals surface area contributed by atoms with Crippen LogP contribution in [0.2, 0.25) is 4.34 Å². The number of rotatable bonds is 3. The Morgan fingerprint density at radius 3 is 2.94 bits per heavy atom. The smallest absolute Gasteiger partial charge is 0.141 e. The van der Waals surface area contributed by atoms with Crippen molar-refractivity contribution in [1.29, 1.82) is 0 Å². The summed E-state index contributed by atoms with van der Waals surface area (Å²) in [6.45, 7) is 0.177. The quantitative estimate of drug-likeness (QED) is 0.864. The fraction of sp³-hybridized carbons (Fsp3) is 0.111. The average Bonchev–Trinajstić information content (AvgIpc) is 2.66. The van der Waals surface area contributed by atoms with E-state index in [0.717, 1.165) is 11.5 Å². The minimum Gasteiger partial charge on any atom is -0.487 e. The number of hydrogen-bond acceptors (Lipinski definition) is 4. The van der Waals surface area contributed by atoms with Gasteiger partial charge in [0.05, 0.1) is 4.47 Å². The van der Waals surface area contributed by atoms with Crippen molar-refractivity contribution in [1.82, 2.24) is 9.59 Å². The van der Waals surface area contributed by atoms with Gasteiger partial charge in [-0.3, -0.25) is 0 Å². The second kappa shape index (κ2) is 5.07. The molecule has 0 radical (unpaired) electrons. The van der Waals surface area contributed by atoms with Crippen LogP contribution in [0.1, 0.15) is 5.69 Å². The number of aromatic nitrogens is 2. The van der Waals surface area contributed by atoms with Crippen LogP contribution in [0.5, 0.6) is 5.75 Å². The lowest BCUT2D eigenvalue weighted by molar-refractivity contribution is 0.299. The van der Waals surface area contributed by atoms with Crippen LogP contribution in [0.3, 0.4) is 0 Å². The van der Waals surface area contributed by atoms with Crippen molar-refractivity contribution in [3.63, 3.8) is 0 Å². The van der Waals surface area contributed by atoms with E-state index < -0.39 is 0 Å². The molecule has 2 aromatic rings. The molecular formula is C9H5BrClFN2OS. The van der Waals surface area contributed by atoms with Gasteiger partial charge in [0.15, 0.2) is 0 Å². The highest BCUT2D eigenvalue weighted by Crippen LogP contribution is 2.23. The van der Waals surface area contributed by atoms with Crippen LogP contribution < -0.4 is 4.74 Å². The topological polar surface area (TPSA) is 35.0 Å². The molecule has 0 saturated carbocycles. The van der Waals surface area contributed by atoms with Crippen molar-refractivity contribution in [3.05, 3.63) is 38.5 Å². The Labute approximate surface area is 108 Å². The van der Waals surface area contributed by atoms with E-state index >= 15 is 0 Å². The van der Waals surface area contributed by atoms with Gasteiger partial charge in [0.1, 0.15) is 28.2 Å². The minimum atomic E-state index is -0.375. The van der Waals surface area contributed by atoms with E-state index in [1.807, 2.05) is 0 Å². The molecule has 16 heavy (non-hydrogen) atoms. The lowest BCUT2D eigenvalue weighted by Crippen LogP contribution is -1.97. The summed E-state index contributed by atoms with van der Waals surface area (Å²) in [6, 6.07) is 4.52. The molecule has 0 spiro atoms. The van der Waals surface area contributed by atoms with Gasteiger partial charge in [0, 0.05) is 17.6 Å². The molecule has 3 nitrogen and oxygen atoms in total. The summed E-state index contributed by atoms with van der Waals surface area (Å²) < 4.78 is 23.0. The van der Waals surface area contributed by atoms with Crippen LogP contribution in [0.25, 0.3) is 0 Å². The van der Waals surface area contributed by atoms with Gasteiger partial charge in [-0.2, -0.15) is 0 Å². The maximum atomic E-state index is 13.1. The highest BCUT2D eigenvalue weighted by molar-refractivity contribution is 9.10. The molecule has 0 unspecified atom stereocenters. The molecule has 0 aliphatic heterocycles. The fourth-order valence-corrected chi connectivity index (χ4v) is 1.85. The van der Waals surface area contributed by atoms with Crippen LogP contribution in [-0.4, -0.2) is 9.59 Å². The summed E-state index contributed by atoms with van der Waals surface area (Å²) in [7, 11) is 0. The summed E-state index contributed by atoms with van der Waals surface area (Å²) in [5.41, 5.74) is 0.551. The van der Waals surface area contributed by atoms with Crippen LogP contribution in [0.4, 0.5) is 4.39 Å². The third-order valence-corrected chi connectivity index (χ3v) is 3.40. The highest BCUT2D eigenvalue weighted by Gasteiger charge is 2.07. The average molecular weight is 324 g/mol. The Balaban J connectivity index is 2.05. The number of benzene rings is 1. The van der Waals surface area contributed by atoms with Crippen molar-refractivity contribution in [2.75, 3.05) is 0 Å². The van der Waals surface area contributed by atoms with Gasteiger partial charge >= 0.3 is 0 Å². The van der Waals surface area contributed by atoms with Gasteiger partial charge < -0.3 is 4.74 Å². The first kappa shape index (κ1) is 11.8. The van der Waals surface area contributed by atoms with Gasteiger partial charge in [0.2, 0.25) is 0 Å². The first-order valence-corrected chi connectivity index (χ1v) is 6.16.